The van der Waals surface area contributed by atoms with Crippen LogP contribution in [0, 0.1) is 5.41 Å². The highest BCUT2D eigenvalue weighted by molar-refractivity contribution is 9.10. The second kappa shape index (κ2) is 3.72. The van der Waals surface area contributed by atoms with E-state index in [9.17, 15) is 8.42 Å². The van der Waals surface area contributed by atoms with Crippen molar-refractivity contribution < 1.29 is 8.42 Å². The third-order valence-electron chi connectivity index (χ3n) is 3.84. The van der Waals surface area contributed by atoms with Crippen molar-refractivity contribution in [1.29, 1.82) is 0 Å². The maximum Gasteiger partial charge on any atom is 0.181 e. The lowest BCUT2D eigenvalue weighted by Gasteiger charge is -2.40. The van der Waals surface area contributed by atoms with E-state index in [-0.39, 0.29) is 11.2 Å². The molecule has 1 heterocycles. The van der Waals surface area contributed by atoms with Crippen molar-refractivity contribution >= 4 is 31.5 Å². The zero-order chi connectivity index (χ0) is 12.1. The van der Waals surface area contributed by atoms with Gasteiger partial charge in [-0.15, -0.1) is 0 Å². The highest BCUT2D eigenvalue weighted by Gasteiger charge is 2.43. The van der Waals surface area contributed by atoms with Crippen LogP contribution < -0.4 is 5.32 Å². The Morgan fingerprint density at radius 2 is 2.06 bits per heavy atom. The first kappa shape index (κ1) is 11.5. The van der Waals surface area contributed by atoms with Gasteiger partial charge >= 0.3 is 0 Å². The first-order valence-corrected chi connectivity index (χ1v) is 8.22. The predicted octanol–water partition coefficient (Wildman–Crippen LogP) is 2.82. The number of hydrogen-bond donors (Lipinski definition) is 1. The van der Waals surface area contributed by atoms with E-state index in [2.05, 4.69) is 21.2 Å². The number of sulfone groups is 1. The van der Waals surface area contributed by atoms with Gasteiger partial charge in [0.1, 0.15) is 0 Å². The molecule has 5 heteroatoms. The zero-order valence-corrected chi connectivity index (χ0v) is 11.8. The number of rotatable bonds is 0. The Bertz CT molecular complexity index is 564. The normalized spacial score (nSPS) is 24.3. The molecule has 0 bridgehead atoms. The predicted molar refractivity (Wildman–Crippen MR) is 71.0 cm³/mol. The summed E-state index contributed by atoms with van der Waals surface area (Å²) in [7, 11) is -3.16. The molecule has 1 spiro atoms. The summed E-state index contributed by atoms with van der Waals surface area (Å²) in [6.45, 7) is 0.779. The summed E-state index contributed by atoms with van der Waals surface area (Å²) in [5.74, 6) is 0.288. The number of anilines is 1. The number of halogens is 1. The zero-order valence-electron chi connectivity index (χ0n) is 9.37. The van der Waals surface area contributed by atoms with Gasteiger partial charge in [-0.1, -0.05) is 22.4 Å². The Kier molecular flexibility index (Phi) is 2.52. The van der Waals surface area contributed by atoms with Crippen molar-refractivity contribution in [2.24, 2.45) is 5.41 Å². The molecule has 1 fully saturated rings. The van der Waals surface area contributed by atoms with E-state index in [4.69, 9.17) is 0 Å². The largest absolute Gasteiger partial charge is 0.383 e. The molecule has 2 aliphatic rings. The van der Waals surface area contributed by atoms with E-state index in [1.165, 1.54) is 0 Å². The maximum atomic E-state index is 12.4. The molecular weight excluding hydrogens is 302 g/mol. The van der Waals surface area contributed by atoms with E-state index < -0.39 is 9.84 Å². The lowest BCUT2D eigenvalue weighted by atomic mass is 9.70. The van der Waals surface area contributed by atoms with Crippen LogP contribution in [0.3, 0.4) is 0 Å². The third-order valence-corrected chi connectivity index (χ3v) is 6.34. The van der Waals surface area contributed by atoms with E-state index in [1.54, 1.807) is 6.07 Å². The molecule has 0 atom stereocenters. The molecule has 1 aromatic rings. The number of benzene rings is 1. The highest BCUT2D eigenvalue weighted by atomic mass is 79.9. The summed E-state index contributed by atoms with van der Waals surface area (Å²) in [5, 5.41) is 3.30. The van der Waals surface area contributed by atoms with E-state index in [0.717, 1.165) is 36.0 Å². The summed E-state index contributed by atoms with van der Waals surface area (Å²) < 4.78 is 25.6. The Labute approximate surface area is 110 Å². The van der Waals surface area contributed by atoms with Gasteiger partial charge < -0.3 is 5.32 Å². The number of hydrogen-bond acceptors (Lipinski definition) is 3. The molecule has 0 unspecified atom stereocenters. The van der Waals surface area contributed by atoms with Crippen molar-refractivity contribution in [3.63, 3.8) is 0 Å². The van der Waals surface area contributed by atoms with Crippen LogP contribution in [-0.2, 0) is 9.84 Å². The minimum Gasteiger partial charge on any atom is -0.383 e. The van der Waals surface area contributed by atoms with Gasteiger partial charge in [-0.25, -0.2) is 8.42 Å². The summed E-state index contributed by atoms with van der Waals surface area (Å²) in [4.78, 5) is 0.440. The van der Waals surface area contributed by atoms with Crippen molar-refractivity contribution in [2.75, 3.05) is 17.6 Å². The standard InChI is InChI=1S/C12H14BrNO2S/c13-9-2-3-10-11(6-9)17(15,16)8-12(7-14-10)4-1-5-12/h2-3,6,14H,1,4-5,7-8H2. The van der Waals surface area contributed by atoms with E-state index >= 15 is 0 Å². The molecule has 1 aliphatic carbocycles. The molecular formula is C12H14BrNO2S. The van der Waals surface area contributed by atoms with E-state index in [1.807, 2.05) is 12.1 Å². The van der Waals surface area contributed by atoms with Crippen molar-refractivity contribution in [3.8, 4) is 0 Å². The van der Waals surface area contributed by atoms with Gasteiger partial charge in [0.15, 0.2) is 9.84 Å². The maximum absolute atomic E-state index is 12.4. The fourth-order valence-electron chi connectivity index (χ4n) is 2.71. The Balaban J connectivity index is 2.10. The minimum absolute atomic E-state index is 0.0235. The summed E-state index contributed by atoms with van der Waals surface area (Å²) in [5.41, 5.74) is 0.724. The van der Waals surface area contributed by atoms with Crippen LogP contribution in [0.25, 0.3) is 0 Å². The van der Waals surface area contributed by atoms with Gasteiger partial charge in [-0.05, 0) is 31.0 Å². The molecule has 1 saturated carbocycles. The van der Waals surface area contributed by atoms with Gasteiger partial charge in [0.25, 0.3) is 0 Å². The molecule has 1 aliphatic heterocycles. The van der Waals surface area contributed by atoms with Crippen molar-refractivity contribution in [1.82, 2.24) is 0 Å². The van der Waals surface area contributed by atoms with Crippen LogP contribution in [0.4, 0.5) is 5.69 Å². The lowest BCUT2D eigenvalue weighted by Crippen LogP contribution is -2.40. The van der Waals surface area contributed by atoms with Gasteiger partial charge in [0.05, 0.1) is 16.3 Å². The highest BCUT2D eigenvalue weighted by Crippen LogP contribution is 2.46. The third kappa shape index (κ3) is 1.89. The van der Waals surface area contributed by atoms with Crippen molar-refractivity contribution in [3.05, 3.63) is 22.7 Å². The first-order chi connectivity index (χ1) is 8.01. The van der Waals surface area contributed by atoms with Gasteiger partial charge in [-0.3, -0.25) is 0 Å². The van der Waals surface area contributed by atoms with Crippen LogP contribution in [0.5, 0.6) is 0 Å². The average molecular weight is 316 g/mol. The molecule has 3 rings (SSSR count). The summed E-state index contributed by atoms with van der Waals surface area (Å²) in [6, 6.07) is 5.42. The van der Waals surface area contributed by atoms with Gasteiger partial charge in [0.2, 0.25) is 0 Å². The Morgan fingerprint density at radius 3 is 2.71 bits per heavy atom. The average Bonchev–Trinajstić information content (AvgIpc) is 2.33. The van der Waals surface area contributed by atoms with Crippen LogP contribution in [0.2, 0.25) is 0 Å². The molecule has 0 radical (unpaired) electrons. The van der Waals surface area contributed by atoms with Crippen LogP contribution in [-0.4, -0.2) is 20.7 Å². The van der Waals surface area contributed by atoms with Gasteiger partial charge in [-0.2, -0.15) is 0 Å². The molecule has 17 heavy (non-hydrogen) atoms. The SMILES string of the molecule is O=S1(=O)CC2(CCC2)CNc2ccc(Br)cc21. The van der Waals surface area contributed by atoms with Crippen LogP contribution >= 0.6 is 15.9 Å². The quantitative estimate of drug-likeness (QED) is 0.800. The molecule has 1 N–H and O–H groups in total. The minimum atomic E-state index is -3.16. The number of nitrogens with one attached hydrogen (secondary N) is 1. The van der Waals surface area contributed by atoms with Crippen LogP contribution in [0.1, 0.15) is 19.3 Å². The summed E-state index contributed by atoms with van der Waals surface area (Å²) >= 11 is 3.33. The molecule has 1 aromatic carbocycles. The van der Waals surface area contributed by atoms with E-state index in [0.29, 0.717) is 4.90 Å². The fourth-order valence-corrected chi connectivity index (χ4v) is 5.36. The molecule has 0 amide bonds. The van der Waals surface area contributed by atoms with Crippen molar-refractivity contribution in [2.45, 2.75) is 24.2 Å². The first-order valence-electron chi connectivity index (χ1n) is 5.77. The summed E-state index contributed by atoms with van der Waals surface area (Å²) in [6.07, 6.45) is 3.19. The van der Waals surface area contributed by atoms with Crippen LogP contribution in [0.15, 0.2) is 27.6 Å². The topological polar surface area (TPSA) is 46.2 Å². The second-order valence-corrected chi connectivity index (χ2v) is 7.98. The molecule has 0 saturated heterocycles. The van der Waals surface area contributed by atoms with Gasteiger partial charge in [0, 0.05) is 16.4 Å². The smallest absolute Gasteiger partial charge is 0.181 e. The number of fused-ring (bicyclic) bond motifs is 1. The Morgan fingerprint density at radius 1 is 1.29 bits per heavy atom. The molecule has 3 nitrogen and oxygen atoms in total. The fraction of sp³-hybridized carbons (Fsp3) is 0.500. The monoisotopic (exact) mass is 315 g/mol. The second-order valence-electron chi connectivity index (χ2n) is 5.11. The lowest BCUT2D eigenvalue weighted by molar-refractivity contribution is 0.184. The molecule has 92 valence electrons. The molecule has 0 aromatic heterocycles. The Hall–Kier alpha value is -0.550.